The van der Waals surface area contributed by atoms with E-state index in [4.69, 9.17) is 5.73 Å². The fraction of sp³-hybridized carbons (Fsp3) is 0. The molecular formula is C17H12N2O2S. The highest BCUT2D eigenvalue weighted by atomic mass is 32.2. The number of benzene rings is 2. The molecule has 5 heteroatoms. The maximum absolute atomic E-state index is 12.6. The Kier molecular flexibility index (Phi) is 3.89. The van der Waals surface area contributed by atoms with Crippen LogP contribution >= 0.6 is 11.8 Å². The third-order valence-electron chi connectivity index (χ3n) is 3.14. The summed E-state index contributed by atoms with van der Waals surface area (Å²) in [6.45, 7) is 0. The van der Waals surface area contributed by atoms with Gasteiger partial charge in [-0.3, -0.25) is 9.59 Å². The maximum atomic E-state index is 12.6. The van der Waals surface area contributed by atoms with Gasteiger partial charge in [0, 0.05) is 5.56 Å². The smallest absolute Gasteiger partial charge is 0.242 e. The van der Waals surface area contributed by atoms with Crippen LogP contribution in [-0.2, 0) is 4.79 Å². The zero-order valence-electron chi connectivity index (χ0n) is 11.5. The number of ketones is 1. The van der Waals surface area contributed by atoms with Gasteiger partial charge in [0.1, 0.15) is 10.7 Å². The molecule has 0 aromatic heterocycles. The summed E-state index contributed by atoms with van der Waals surface area (Å²) in [5, 5.41) is 0.0107. The Morgan fingerprint density at radius 1 is 0.955 bits per heavy atom. The minimum absolute atomic E-state index is 0.0338. The highest BCUT2D eigenvalue weighted by Gasteiger charge is 2.33. The van der Waals surface area contributed by atoms with E-state index in [1.165, 1.54) is 0 Å². The molecule has 0 fully saturated rings. The molecule has 1 aliphatic heterocycles. The standard InChI is InChI=1S/C17H12N2O2S/c18-14-13(15(20)11-7-3-1-4-8-11)16(22-17(14)21)19-12-9-5-2-6-10-12/h1-10H,18H2. The quantitative estimate of drug-likeness (QED) is 0.884. The molecule has 2 N–H and O–H groups in total. The number of nitrogens with zero attached hydrogens (tertiary/aromatic N) is 1. The lowest BCUT2D eigenvalue weighted by Crippen LogP contribution is -2.13. The molecule has 1 aliphatic rings. The number of Topliss-reactive ketones (excluding diaryl/α,β-unsaturated/α-hetero) is 1. The summed E-state index contributed by atoms with van der Waals surface area (Å²) in [6.07, 6.45) is 0. The number of carbonyl (C=O) groups is 2. The summed E-state index contributed by atoms with van der Waals surface area (Å²) >= 11 is 0.891. The van der Waals surface area contributed by atoms with E-state index in [0.717, 1.165) is 11.8 Å². The lowest BCUT2D eigenvalue weighted by Gasteiger charge is -2.04. The van der Waals surface area contributed by atoms with Crippen molar-refractivity contribution in [2.24, 2.45) is 10.7 Å². The van der Waals surface area contributed by atoms with Crippen molar-refractivity contribution in [2.75, 3.05) is 0 Å². The summed E-state index contributed by atoms with van der Waals surface area (Å²) in [5.41, 5.74) is 7.12. The lowest BCUT2D eigenvalue weighted by molar-refractivity contribution is -0.107. The largest absolute Gasteiger partial charge is 0.394 e. The predicted molar refractivity (Wildman–Crippen MR) is 88.1 cm³/mol. The number of rotatable bonds is 3. The first kappa shape index (κ1) is 14.3. The second kappa shape index (κ2) is 5.99. The third-order valence-corrected chi connectivity index (χ3v) is 4.04. The molecule has 0 amide bonds. The van der Waals surface area contributed by atoms with Crippen molar-refractivity contribution >= 4 is 33.4 Å². The van der Waals surface area contributed by atoms with E-state index in [-0.39, 0.29) is 22.2 Å². The summed E-state index contributed by atoms with van der Waals surface area (Å²) in [6, 6.07) is 17.9. The van der Waals surface area contributed by atoms with Crippen molar-refractivity contribution in [3.8, 4) is 0 Å². The molecule has 0 bridgehead atoms. The number of carbonyl (C=O) groups excluding carboxylic acids is 2. The molecule has 2 aromatic carbocycles. The van der Waals surface area contributed by atoms with Crippen LogP contribution in [0.2, 0.25) is 0 Å². The molecule has 1 heterocycles. The number of hydrogen-bond acceptors (Lipinski definition) is 5. The third kappa shape index (κ3) is 2.71. The average molecular weight is 308 g/mol. The predicted octanol–water partition coefficient (Wildman–Crippen LogP) is 3.09. The number of nitrogens with two attached hydrogens (primary N) is 1. The Morgan fingerprint density at radius 3 is 2.18 bits per heavy atom. The van der Waals surface area contributed by atoms with E-state index >= 15 is 0 Å². The molecule has 108 valence electrons. The number of aliphatic imine (C=N–C) groups is 1. The van der Waals surface area contributed by atoms with Gasteiger partial charge in [-0.2, -0.15) is 0 Å². The summed E-state index contributed by atoms with van der Waals surface area (Å²) in [7, 11) is 0. The molecule has 0 spiro atoms. The molecule has 2 aromatic rings. The Morgan fingerprint density at radius 2 is 1.55 bits per heavy atom. The van der Waals surface area contributed by atoms with Crippen molar-refractivity contribution in [3.63, 3.8) is 0 Å². The first-order valence-corrected chi connectivity index (χ1v) is 7.44. The first-order chi connectivity index (χ1) is 10.7. The summed E-state index contributed by atoms with van der Waals surface area (Å²) < 4.78 is 0. The Balaban J connectivity index is 2.04. The second-order valence-corrected chi connectivity index (χ2v) is 5.59. The van der Waals surface area contributed by atoms with Crippen molar-refractivity contribution in [1.29, 1.82) is 0 Å². The van der Waals surface area contributed by atoms with Crippen molar-refractivity contribution in [2.45, 2.75) is 0 Å². The average Bonchev–Trinajstić information content (AvgIpc) is 2.83. The van der Waals surface area contributed by atoms with Gasteiger partial charge in [0.05, 0.1) is 11.3 Å². The van der Waals surface area contributed by atoms with E-state index in [0.29, 0.717) is 16.3 Å². The van der Waals surface area contributed by atoms with Crippen LogP contribution in [0.15, 0.2) is 76.9 Å². The minimum atomic E-state index is -0.339. The van der Waals surface area contributed by atoms with Gasteiger partial charge in [-0.25, -0.2) is 4.99 Å². The number of thioether (sulfide) groups is 1. The van der Waals surface area contributed by atoms with Crippen LogP contribution in [0.4, 0.5) is 5.69 Å². The Hall–Kier alpha value is -2.66. The Bertz CT molecular complexity index is 796. The zero-order valence-corrected chi connectivity index (χ0v) is 12.3. The van der Waals surface area contributed by atoms with Gasteiger partial charge in [0.2, 0.25) is 5.12 Å². The first-order valence-electron chi connectivity index (χ1n) is 6.62. The van der Waals surface area contributed by atoms with Crippen LogP contribution in [0.1, 0.15) is 10.4 Å². The van der Waals surface area contributed by atoms with Crippen LogP contribution in [0.3, 0.4) is 0 Å². The molecule has 0 atom stereocenters. The van der Waals surface area contributed by atoms with Crippen molar-refractivity contribution in [3.05, 3.63) is 77.5 Å². The van der Waals surface area contributed by atoms with Crippen LogP contribution in [0.5, 0.6) is 0 Å². The van der Waals surface area contributed by atoms with E-state index in [1.807, 2.05) is 24.3 Å². The minimum Gasteiger partial charge on any atom is -0.394 e. The van der Waals surface area contributed by atoms with E-state index in [2.05, 4.69) is 4.99 Å². The molecule has 4 nitrogen and oxygen atoms in total. The highest BCUT2D eigenvalue weighted by molar-refractivity contribution is 8.27. The zero-order chi connectivity index (χ0) is 15.5. The van der Waals surface area contributed by atoms with Gasteiger partial charge in [-0.1, -0.05) is 48.5 Å². The fourth-order valence-electron chi connectivity index (χ4n) is 2.06. The van der Waals surface area contributed by atoms with Crippen LogP contribution in [0.25, 0.3) is 0 Å². The molecule has 0 saturated heterocycles. The maximum Gasteiger partial charge on any atom is 0.242 e. The molecular weight excluding hydrogens is 296 g/mol. The van der Waals surface area contributed by atoms with Gasteiger partial charge in [-0.05, 0) is 23.9 Å². The van der Waals surface area contributed by atoms with Gasteiger partial charge in [0.15, 0.2) is 5.78 Å². The van der Waals surface area contributed by atoms with E-state index in [1.54, 1.807) is 36.4 Å². The van der Waals surface area contributed by atoms with E-state index in [9.17, 15) is 9.59 Å². The van der Waals surface area contributed by atoms with Gasteiger partial charge >= 0.3 is 0 Å². The van der Waals surface area contributed by atoms with Crippen molar-refractivity contribution in [1.82, 2.24) is 0 Å². The molecule has 3 rings (SSSR count). The summed E-state index contributed by atoms with van der Waals surface area (Å²) in [5.74, 6) is -0.286. The number of hydrogen-bond donors (Lipinski definition) is 1. The van der Waals surface area contributed by atoms with E-state index < -0.39 is 0 Å². The number of para-hydroxylation sites is 1. The monoisotopic (exact) mass is 308 g/mol. The molecule has 22 heavy (non-hydrogen) atoms. The lowest BCUT2D eigenvalue weighted by atomic mass is 10.0. The normalized spacial score (nSPS) is 16.4. The van der Waals surface area contributed by atoms with Gasteiger partial charge < -0.3 is 5.73 Å². The van der Waals surface area contributed by atoms with Gasteiger partial charge in [0.25, 0.3) is 0 Å². The van der Waals surface area contributed by atoms with Crippen LogP contribution < -0.4 is 5.73 Å². The van der Waals surface area contributed by atoms with Crippen molar-refractivity contribution < 1.29 is 9.59 Å². The topological polar surface area (TPSA) is 72.5 Å². The SMILES string of the molecule is NC1=C(C(=O)c2ccccc2)C(=Nc2ccccc2)SC1=O. The molecule has 0 saturated carbocycles. The van der Waals surface area contributed by atoms with Crippen LogP contribution in [0, 0.1) is 0 Å². The summed E-state index contributed by atoms with van der Waals surface area (Å²) in [4.78, 5) is 28.9. The molecule has 0 radical (unpaired) electrons. The molecule has 0 unspecified atom stereocenters. The van der Waals surface area contributed by atoms with Gasteiger partial charge in [-0.15, -0.1) is 0 Å². The van der Waals surface area contributed by atoms with Crippen LogP contribution in [-0.4, -0.2) is 15.9 Å². The molecule has 0 aliphatic carbocycles. The Labute approximate surface area is 131 Å². The highest BCUT2D eigenvalue weighted by Crippen LogP contribution is 2.31. The fourth-order valence-corrected chi connectivity index (χ4v) is 2.91. The second-order valence-electron chi connectivity index (χ2n) is 4.63.